The van der Waals surface area contributed by atoms with Crippen LogP contribution in [0.3, 0.4) is 0 Å². The number of rotatable bonds is 5. The second-order valence-corrected chi connectivity index (χ2v) is 9.75. The first-order valence-electron chi connectivity index (χ1n) is 10.1. The predicted molar refractivity (Wildman–Crippen MR) is 108 cm³/mol. The summed E-state index contributed by atoms with van der Waals surface area (Å²) >= 11 is 0. The Hall–Kier alpha value is -2.07. The molecule has 0 aromatic carbocycles. The van der Waals surface area contributed by atoms with Gasteiger partial charge in [-0.2, -0.15) is 0 Å². The Labute approximate surface area is 171 Å². The number of aromatic nitrogens is 2. The van der Waals surface area contributed by atoms with E-state index >= 15 is 0 Å². The zero-order valence-corrected chi connectivity index (χ0v) is 17.8. The van der Waals surface area contributed by atoms with Crippen LogP contribution in [0.4, 0.5) is 0 Å². The highest BCUT2D eigenvalue weighted by Gasteiger charge is 2.36. The van der Waals surface area contributed by atoms with Gasteiger partial charge in [0, 0.05) is 31.9 Å². The Bertz CT molecular complexity index is 835. The maximum atomic E-state index is 13.0. The molecule has 0 aliphatic carbocycles. The van der Waals surface area contributed by atoms with Crippen LogP contribution in [0.5, 0.6) is 0 Å². The van der Waals surface area contributed by atoms with Crippen LogP contribution in [-0.2, 0) is 14.8 Å². The number of nitrogens with one attached hydrogen (secondary N) is 1. The Morgan fingerprint density at radius 3 is 2.45 bits per heavy atom. The summed E-state index contributed by atoms with van der Waals surface area (Å²) in [6, 6.07) is 0.144. The van der Waals surface area contributed by atoms with E-state index in [1.165, 1.54) is 0 Å². The fourth-order valence-electron chi connectivity index (χ4n) is 4.19. The van der Waals surface area contributed by atoms with Gasteiger partial charge in [-0.05, 0) is 44.9 Å². The molecule has 1 aromatic heterocycles. The number of carbonyl (C=O) groups excluding carboxylic acids is 2. The van der Waals surface area contributed by atoms with Crippen molar-refractivity contribution < 1.29 is 18.0 Å². The number of likely N-dealkylation sites (tertiary alicyclic amines) is 2. The highest BCUT2D eigenvalue weighted by Crippen LogP contribution is 2.31. The van der Waals surface area contributed by atoms with Gasteiger partial charge in [-0.1, -0.05) is 0 Å². The quantitative estimate of drug-likeness (QED) is 0.741. The number of hydrogen-bond acceptors (Lipinski definition) is 6. The fraction of sp³-hybridized carbons (Fsp3) is 0.684. The van der Waals surface area contributed by atoms with E-state index in [0.29, 0.717) is 24.7 Å². The molecule has 2 amide bonds. The normalized spacial score (nSPS) is 21.2. The van der Waals surface area contributed by atoms with Crippen molar-refractivity contribution in [2.24, 2.45) is 5.92 Å². The number of carbonyl (C=O) groups is 2. The van der Waals surface area contributed by atoms with Crippen molar-refractivity contribution in [3.8, 4) is 0 Å². The van der Waals surface area contributed by atoms with Crippen LogP contribution >= 0.6 is 0 Å². The van der Waals surface area contributed by atoms with Gasteiger partial charge < -0.3 is 9.80 Å². The van der Waals surface area contributed by atoms with E-state index in [1.807, 2.05) is 11.8 Å². The van der Waals surface area contributed by atoms with Crippen LogP contribution in [0.25, 0.3) is 0 Å². The molecule has 2 saturated heterocycles. The van der Waals surface area contributed by atoms with Crippen LogP contribution in [0.2, 0.25) is 0 Å². The summed E-state index contributed by atoms with van der Waals surface area (Å²) in [4.78, 5) is 37.3. The first-order valence-corrected chi connectivity index (χ1v) is 12.0. The zero-order valence-electron chi connectivity index (χ0n) is 17.0. The molecular weight excluding hydrogens is 394 g/mol. The summed E-state index contributed by atoms with van der Waals surface area (Å²) in [5.41, 5.74) is 1.15. The summed E-state index contributed by atoms with van der Waals surface area (Å²) in [6.07, 6.45) is 8.83. The molecule has 0 saturated carbocycles. The molecule has 1 N–H and O–H groups in total. The van der Waals surface area contributed by atoms with Crippen LogP contribution in [-0.4, -0.2) is 78.5 Å². The molecule has 3 rings (SSSR count). The lowest BCUT2D eigenvalue weighted by Crippen LogP contribution is -2.51. The van der Waals surface area contributed by atoms with E-state index < -0.39 is 10.0 Å². The van der Waals surface area contributed by atoms with E-state index in [0.717, 1.165) is 50.6 Å². The number of aryl methyl sites for hydroxylation is 1. The van der Waals surface area contributed by atoms with E-state index in [2.05, 4.69) is 14.7 Å². The van der Waals surface area contributed by atoms with Gasteiger partial charge in [0.1, 0.15) is 5.69 Å². The fourth-order valence-corrected chi connectivity index (χ4v) is 4.57. The van der Waals surface area contributed by atoms with Crippen molar-refractivity contribution in [3.05, 3.63) is 23.8 Å². The molecule has 1 aromatic rings. The number of piperidine rings is 2. The van der Waals surface area contributed by atoms with Gasteiger partial charge in [0.25, 0.3) is 5.91 Å². The second kappa shape index (κ2) is 9.17. The van der Waals surface area contributed by atoms with Gasteiger partial charge >= 0.3 is 0 Å². The molecular formula is C19H29N5O4S. The number of amides is 2. The van der Waals surface area contributed by atoms with Crippen molar-refractivity contribution in [3.63, 3.8) is 0 Å². The minimum Gasteiger partial charge on any atom is -0.342 e. The van der Waals surface area contributed by atoms with Crippen molar-refractivity contribution in [2.45, 2.75) is 45.1 Å². The first-order chi connectivity index (χ1) is 13.7. The molecule has 0 unspecified atom stereocenters. The largest absolute Gasteiger partial charge is 0.342 e. The number of nitrogens with zero attached hydrogens (tertiary/aromatic N) is 4. The smallest absolute Gasteiger partial charge is 0.274 e. The molecule has 1 atom stereocenters. The topological polar surface area (TPSA) is 113 Å². The van der Waals surface area contributed by atoms with Crippen LogP contribution in [0.1, 0.15) is 48.3 Å². The maximum Gasteiger partial charge on any atom is 0.274 e. The van der Waals surface area contributed by atoms with Gasteiger partial charge in [0.05, 0.1) is 24.7 Å². The Balaban J connectivity index is 1.60. The van der Waals surface area contributed by atoms with Gasteiger partial charge in [-0.15, -0.1) is 0 Å². The lowest BCUT2D eigenvalue weighted by atomic mass is 9.83. The third kappa shape index (κ3) is 5.72. The van der Waals surface area contributed by atoms with E-state index in [-0.39, 0.29) is 24.4 Å². The average Bonchev–Trinajstić information content (AvgIpc) is 2.71. The lowest BCUT2D eigenvalue weighted by molar-refractivity contribution is -0.131. The van der Waals surface area contributed by atoms with Gasteiger partial charge in [-0.3, -0.25) is 14.6 Å². The molecule has 0 spiro atoms. The van der Waals surface area contributed by atoms with E-state index in [9.17, 15) is 18.0 Å². The average molecular weight is 424 g/mol. The first kappa shape index (κ1) is 21.6. The standard InChI is InChI=1S/C19H29N5O4S/c1-14-11-21-16(12-20-14)19(26)24-8-4-3-5-17(24)15-6-9-23(10-7-15)18(25)13-22-29(2,27)28/h11-12,15,17,22H,3-10,13H2,1-2H3/t17-/m1/s1. The van der Waals surface area contributed by atoms with Crippen LogP contribution in [0.15, 0.2) is 12.4 Å². The van der Waals surface area contributed by atoms with Gasteiger partial charge in [0.15, 0.2) is 0 Å². The highest BCUT2D eigenvalue weighted by molar-refractivity contribution is 7.88. The van der Waals surface area contributed by atoms with E-state index in [4.69, 9.17) is 0 Å². The molecule has 10 heteroatoms. The number of sulfonamides is 1. The maximum absolute atomic E-state index is 13.0. The Kier molecular flexibility index (Phi) is 6.84. The van der Waals surface area contributed by atoms with Crippen LogP contribution < -0.4 is 4.72 Å². The van der Waals surface area contributed by atoms with Crippen molar-refractivity contribution >= 4 is 21.8 Å². The molecule has 160 valence electrons. The van der Waals surface area contributed by atoms with Crippen molar-refractivity contribution in [2.75, 3.05) is 32.4 Å². The highest BCUT2D eigenvalue weighted by atomic mass is 32.2. The Morgan fingerprint density at radius 2 is 1.83 bits per heavy atom. The van der Waals surface area contributed by atoms with Crippen molar-refractivity contribution in [1.29, 1.82) is 0 Å². The van der Waals surface area contributed by atoms with E-state index in [1.54, 1.807) is 17.3 Å². The summed E-state index contributed by atoms with van der Waals surface area (Å²) < 4.78 is 24.6. The summed E-state index contributed by atoms with van der Waals surface area (Å²) in [7, 11) is -3.38. The molecule has 3 heterocycles. The monoisotopic (exact) mass is 423 g/mol. The summed E-state index contributed by atoms with van der Waals surface area (Å²) in [6.45, 7) is 3.52. The molecule has 0 radical (unpaired) electrons. The molecule has 2 aliphatic rings. The summed E-state index contributed by atoms with van der Waals surface area (Å²) in [5, 5.41) is 0. The predicted octanol–water partition coefficient (Wildman–Crippen LogP) is 0.568. The van der Waals surface area contributed by atoms with Crippen LogP contribution in [0, 0.1) is 12.8 Å². The minimum atomic E-state index is -3.38. The Morgan fingerprint density at radius 1 is 1.10 bits per heavy atom. The van der Waals surface area contributed by atoms with Crippen molar-refractivity contribution in [1.82, 2.24) is 24.5 Å². The molecule has 2 aliphatic heterocycles. The molecule has 29 heavy (non-hydrogen) atoms. The zero-order chi connectivity index (χ0) is 21.0. The summed E-state index contributed by atoms with van der Waals surface area (Å²) in [5.74, 6) is 0.0445. The lowest BCUT2D eigenvalue weighted by Gasteiger charge is -2.43. The van der Waals surface area contributed by atoms with Gasteiger partial charge in [0.2, 0.25) is 15.9 Å². The molecule has 9 nitrogen and oxygen atoms in total. The third-order valence-corrected chi connectivity index (χ3v) is 6.40. The number of hydrogen-bond donors (Lipinski definition) is 1. The third-order valence-electron chi connectivity index (χ3n) is 5.73. The second-order valence-electron chi connectivity index (χ2n) is 7.92. The minimum absolute atomic E-state index is 0.0712. The molecule has 2 fully saturated rings. The SMILES string of the molecule is Cc1cnc(C(=O)N2CCCC[C@@H]2C2CCN(C(=O)CNS(C)(=O)=O)CC2)cn1. The molecule has 0 bridgehead atoms. The van der Waals surface area contributed by atoms with Gasteiger partial charge in [-0.25, -0.2) is 18.1 Å².